The number of ether oxygens (including phenoxy) is 1. The van der Waals surface area contributed by atoms with Crippen LogP contribution in [0.5, 0.6) is 5.75 Å². The van der Waals surface area contributed by atoms with Crippen molar-refractivity contribution in [3.05, 3.63) is 54.0 Å². The van der Waals surface area contributed by atoms with Crippen molar-refractivity contribution >= 4 is 11.8 Å². The summed E-state index contributed by atoms with van der Waals surface area (Å²) in [4.78, 5) is 26.0. The molecule has 0 saturated carbocycles. The number of nitrogens with zero attached hydrogens (tertiary/aromatic N) is 1. The van der Waals surface area contributed by atoms with Crippen molar-refractivity contribution in [2.75, 3.05) is 6.54 Å². The van der Waals surface area contributed by atoms with Crippen LogP contribution in [0.25, 0.3) is 0 Å². The van der Waals surface area contributed by atoms with E-state index in [-0.39, 0.29) is 30.5 Å². The first-order valence-electron chi connectivity index (χ1n) is 8.13. The zero-order chi connectivity index (χ0) is 18.5. The lowest BCUT2D eigenvalue weighted by Crippen LogP contribution is -2.32. The smallest absolute Gasteiger partial charge is 0.387 e. The van der Waals surface area contributed by atoms with Crippen molar-refractivity contribution in [1.29, 1.82) is 0 Å². The molecular formula is C18H18F2N2O4. The van der Waals surface area contributed by atoms with Gasteiger partial charge in [-0.2, -0.15) is 8.78 Å². The maximum atomic E-state index is 12.4. The number of halogens is 2. The number of carbonyl (C=O) groups is 2. The Labute approximate surface area is 148 Å². The van der Waals surface area contributed by atoms with E-state index in [9.17, 15) is 18.4 Å². The fourth-order valence-electron chi connectivity index (χ4n) is 2.88. The highest BCUT2D eigenvalue weighted by Crippen LogP contribution is 2.22. The molecule has 1 aromatic heterocycles. The molecule has 138 valence electrons. The van der Waals surface area contributed by atoms with Gasteiger partial charge in [0.05, 0.1) is 18.7 Å². The normalized spacial score (nSPS) is 17.0. The number of amides is 2. The highest BCUT2D eigenvalue weighted by atomic mass is 19.3. The maximum Gasteiger partial charge on any atom is 0.387 e. The van der Waals surface area contributed by atoms with Gasteiger partial charge in [0.1, 0.15) is 11.5 Å². The van der Waals surface area contributed by atoms with Crippen molar-refractivity contribution in [3.8, 4) is 5.75 Å². The Hall–Kier alpha value is -2.90. The van der Waals surface area contributed by atoms with Gasteiger partial charge in [-0.15, -0.1) is 0 Å². The Bertz CT molecular complexity index is 764. The number of para-hydroxylation sites is 1. The zero-order valence-electron chi connectivity index (χ0n) is 13.9. The number of hydrogen-bond donors (Lipinski definition) is 1. The molecular weight excluding hydrogens is 346 g/mol. The highest BCUT2D eigenvalue weighted by Gasteiger charge is 2.34. The van der Waals surface area contributed by atoms with E-state index < -0.39 is 12.5 Å². The minimum absolute atomic E-state index is 0.0183. The van der Waals surface area contributed by atoms with Gasteiger partial charge in [-0.05, 0) is 18.2 Å². The molecule has 3 rings (SSSR count). The quantitative estimate of drug-likeness (QED) is 0.820. The molecule has 0 radical (unpaired) electrons. The van der Waals surface area contributed by atoms with Gasteiger partial charge in [0, 0.05) is 25.1 Å². The molecule has 1 fully saturated rings. The second-order valence-electron chi connectivity index (χ2n) is 5.96. The Kier molecular flexibility index (Phi) is 5.50. The predicted octanol–water partition coefficient (Wildman–Crippen LogP) is 2.55. The minimum Gasteiger partial charge on any atom is -0.467 e. The van der Waals surface area contributed by atoms with Crippen LogP contribution in [0.3, 0.4) is 0 Å². The molecule has 0 spiro atoms. The number of likely N-dealkylation sites (tertiary alicyclic amines) is 1. The Morgan fingerprint density at radius 2 is 2.12 bits per heavy atom. The van der Waals surface area contributed by atoms with Gasteiger partial charge in [0.2, 0.25) is 11.8 Å². The molecule has 1 aliphatic rings. The second kappa shape index (κ2) is 7.99. The van der Waals surface area contributed by atoms with E-state index in [1.54, 1.807) is 35.2 Å². The van der Waals surface area contributed by atoms with Crippen molar-refractivity contribution in [3.63, 3.8) is 0 Å². The first kappa shape index (κ1) is 17.9. The van der Waals surface area contributed by atoms with Crippen LogP contribution >= 0.6 is 0 Å². The van der Waals surface area contributed by atoms with Crippen LogP contribution in [-0.4, -0.2) is 29.9 Å². The molecule has 0 aliphatic carbocycles. The van der Waals surface area contributed by atoms with E-state index in [4.69, 9.17) is 4.42 Å². The largest absolute Gasteiger partial charge is 0.467 e. The van der Waals surface area contributed by atoms with E-state index in [1.807, 2.05) is 0 Å². The Morgan fingerprint density at radius 3 is 2.85 bits per heavy atom. The molecule has 1 unspecified atom stereocenters. The molecule has 1 atom stereocenters. The Morgan fingerprint density at radius 1 is 1.31 bits per heavy atom. The van der Waals surface area contributed by atoms with Gasteiger partial charge in [0.25, 0.3) is 0 Å². The number of furan rings is 1. The van der Waals surface area contributed by atoms with Crippen molar-refractivity contribution in [2.45, 2.75) is 26.1 Å². The summed E-state index contributed by atoms with van der Waals surface area (Å²) in [6.07, 6.45) is 1.64. The van der Waals surface area contributed by atoms with Crippen LogP contribution in [0.2, 0.25) is 0 Å². The number of nitrogens with one attached hydrogen (secondary N) is 1. The van der Waals surface area contributed by atoms with E-state index in [0.717, 1.165) is 0 Å². The predicted molar refractivity (Wildman–Crippen MR) is 87.2 cm³/mol. The minimum atomic E-state index is -2.94. The fraction of sp³-hybridized carbons (Fsp3) is 0.333. The summed E-state index contributed by atoms with van der Waals surface area (Å²) in [6, 6.07) is 9.76. The summed E-state index contributed by atoms with van der Waals surface area (Å²) in [5.41, 5.74) is 0.443. The molecule has 0 bridgehead atoms. The van der Waals surface area contributed by atoms with Crippen molar-refractivity contribution in [2.24, 2.45) is 5.92 Å². The standard InChI is InChI=1S/C18H18F2N2O4/c19-18(20)26-15-6-2-1-4-12(15)9-21-17(24)13-8-16(23)22(10-13)11-14-5-3-7-25-14/h1-7,13,18H,8-11H2,(H,21,24). The van der Waals surface area contributed by atoms with E-state index in [1.165, 1.54) is 12.3 Å². The molecule has 2 heterocycles. The summed E-state index contributed by atoms with van der Waals surface area (Å²) < 4.78 is 34.5. The van der Waals surface area contributed by atoms with E-state index >= 15 is 0 Å². The van der Waals surface area contributed by atoms with Gasteiger partial charge >= 0.3 is 6.61 Å². The highest BCUT2D eigenvalue weighted by molar-refractivity contribution is 5.89. The van der Waals surface area contributed by atoms with Crippen LogP contribution in [0, 0.1) is 5.92 Å². The van der Waals surface area contributed by atoms with Crippen LogP contribution in [0.15, 0.2) is 47.1 Å². The van der Waals surface area contributed by atoms with Crippen LogP contribution in [-0.2, 0) is 22.7 Å². The lowest BCUT2D eigenvalue weighted by molar-refractivity contribution is -0.129. The number of benzene rings is 1. The average Bonchev–Trinajstić information content (AvgIpc) is 3.24. The van der Waals surface area contributed by atoms with Crippen LogP contribution in [0.1, 0.15) is 17.7 Å². The SMILES string of the molecule is O=C(NCc1ccccc1OC(F)F)C1CC(=O)N(Cc2ccco2)C1. The third kappa shape index (κ3) is 4.38. The average molecular weight is 364 g/mol. The summed E-state index contributed by atoms with van der Waals surface area (Å²) in [5.74, 6) is -0.238. The summed E-state index contributed by atoms with van der Waals surface area (Å²) in [5, 5.41) is 2.69. The van der Waals surface area contributed by atoms with Gasteiger partial charge in [-0.3, -0.25) is 9.59 Å². The number of carbonyl (C=O) groups excluding carboxylic acids is 2. The van der Waals surface area contributed by atoms with Crippen molar-refractivity contribution in [1.82, 2.24) is 10.2 Å². The lowest BCUT2D eigenvalue weighted by atomic mass is 10.1. The van der Waals surface area contributed by atoms with Gasteiger partial charge in [-0.25, -0.2) is 0 Å². The molecule has 26 heavy (non-hydrogen) atoms. The van der Waals surface area contributed by atoms with E-state index in [0.29, 0.717) is 24.4 Å². The molecule has 6 nitrogen and oxygen atoms in total. The zero-order valence-corrected chi connectivity index (χ0v) is 13.9. The molecule has 1 saturated heterocycles. The van der Waals surface area contributed by atoms with Gasteiger partial charge < -0.3 is 19.4 Å². The maximum absolute atomic E-state index is 12.4. The lowest BCUT2D eigenvalue weighted by Gasteiger charge is -2.15. The van der Waals surface area contributed by atoms with Crippen LogP contribution < -0.4 is 10.1 Å². The topological polar surface area (TPSA) is 71.8 Å². The fourth-order valence-corrected chi connectivity index (χ4v) is 2.88. The molecule has 2 amide bonds. The number of alkyl halides is 2. The summed E-state index contributed by atoms with van der Waals surface area (Å²) in [6.45, 7) is -2.28. The van der Waals surface area contributed by atoms with Crippen LogP contribution in [0.4, 0.5) is 8.78 Å². The Balaban J connectivity index is 1.55. The number of hydrogen-bond acceptors (Lipinski definition) is 4. The molecule has 8 heteroatoms. The first-order valence-corrected chi connectivity index (χ1v) is 8.13. The second-order valence-corrected chi connectivity index (χ2v) is 5.96. The molecule has 1 N–H and O–H groups in total. The van der Waals surface area contributed by atoms with Gasteiger partial charge in [0.15, 0.2) is 0 Å². The monoisotopic (exact) mass is 364 g/mol. The number of rotatable bonds is 7. The van der Waals surface area contributed by atoms with Crippen molar-refractivity contribution < 1.29 is 27.5 Å². The molecule has 2 aromatic rings. The molecule has 1 aromatic carbocycles. The third-order valence-electron chi connectivity index (χ3n) is 4.15. The first-order chi connectivity index (χ1) is 12.5. The van der Waals surface area contributed by atoms with E-state index in [2.05, 4.69) is 10.1 Å². The summed E-state index contributed by atoms with van der Waals surface area (Å²) >= 11 is 0. The summed E-state index contributed by atoms with van der Waals surface area (Å²) in [7, 11) is 0. The molecule has 1 aliphatic heterocycles. The van der Waals surface area contributed by atoms with Gasteiger partial charge in [-0.1, -0.05) is 18.2 Å². The third-order valence-corrected chi connectivity index (χ3v) is 4.15.